The summed E-state index contributed by atoms with van der Waals surface area (Å²) in [4.78, 5) is 4.33. The highest BCUT2D eigenvalue weighted by molar-refractivity contribution is 5.84. The van der Waals surface area contributed by atoms with Crippen LogP contribution in [0.4, 0.5) is 0 Å². The van der Waals surface area contributed by atoms with Gasteiger partial charge in [-0.3, -0.25) is 4.98 Å². The van der Waals surface area contributed by atoms with Crippen molar-refractivity contribution < 1.29 is 9.84 Å². The van der Waals surface area contributed by atoms with Gasteiger partial charge in [-0.25, -0.2) is 4.68 Å². The van der Waals surface area contributed by atoms with Crippen molar-refractivity contribution in [1.82, 2.24) is 20.0 Å². The zero-order valence-electron chi connectivity index (χ0n) is 10.8. The monoisotopic (exact) mass is 270 g/mol. The Bertz CT molecular complexity index is 706. The lowest BCUT2D eigenvalue weighted by Gasteiger charge is -2.06. The van der Waals surface area contributed by atoms with Crippen molar-refractivity contribution in [1.29, 1.82) is 0 Å². The fraction of sp³-hybridized carbons (Fsp3) is 0.214. The second kappa shape index (κ2) is 5.66. The number of pyridine rings is 1. The number of aliphatic hydroxyl groups is 1. The topological polar surface area (TPSA) is 73.1 Å². The molecular formula is C14H14N4O2. The van der Waals surface area contributed by atoms with E-state index in [9.17, 15) is 0 Å². The van der Waals surface area contributed by atoms with E-state index < -0.39 is 0 Å². The molecule has 0 amide bonds. The zero-order chi connectivity index (χ0) is 13.8. The lowest BCUT2D eigenvalue weighted by atomic mass is 10.2. The summed E-state index contributed by atoms with van der Waals surface area (Å²) < 4.78 is 7.34. The molecule has 3 aromatic rings. The third-order valence-electron chi connectivity index (χ3n) is 2.89. The van der Waals surface area contributed by atoms with Crippen LogP contribution in [0.25, 0.3) is 10.9 Å². The number of para-hydroxylation sites is 1. The van der Waals surface area contributed by atoms with Crippen LogP contribution in [-0.2, 0) is 13.2 Å². The second-order valence-electron chi connectivity index (χ2n) is 4.32. The fourth-order valence-electron chi connectivity index (χ4n) is 1.96. The first-order valence-electron chi connectivity index (χ1n) is 6.33. The van der Waals surface area contributed by atoms with E-state index in [0.29, 0.717) is 18.8 Å². The van der Waals surface area contributed by atoms with Crippen LogP contribution >= 0.6 is 0 Å². The van der Waals surface area contributed by atoms with Crippen molar-refractivity contribution in [3.05, 3.63) is 48.4 Å². The van der Waals surface area contributed by atoms with E-state index in [0.717, 1.165) is 16.7 Å². The highest BCUT2D eigenvalue weighted by Gasteiger charge is 2.05. The molecule has 0 aliphatic rings. The van der Waals surface area contributed by atoms with E-state index >= 15 is 0 Å². The number of aromatic nitrogens is 4. The lowest BCUT2D eigenvalue weighted by molar-refractivity contribution is 0.268. The van der Waals surface area contributed by atoms with Crippen molar-refractivity contribution >= 4 is 10.9 Å². The van der Waals surface area contributed by atoms with Gasteiger partial charge >= 0.3 is 0 Å². The summed E-state index contributed by atoms with van der Waals surface area (Å²) in [6.45, 7) is 0.792. The highest BCUT2D eigenvalue weighted by Crippen LogP contribution is 2.23. The Balaban J connectivity index is 1.76. The summed E-state index contributed by atoms with van der Waals surface area (Å²) in [7, 11) is 0. The molecule has 0 aliphatic carbocycles. The Morgan fingerprint density at radius 2 is 2.10 bits per heavy atom. The highest BCUT2D eigenvalue weighted by atomic mass is 16.5. The van der Waals surface area contributed by atoms with Crippen molar-refractivity contribution in [3.63, 3.8) is 0 Å². The van der Waals surface area contributed by atoms with Crippen molar-refractivity contribution in [3.8, 4) is 5.75 Å². The standard InChI is InChI=1S/C14H14N4O2/c19-8-7-18-9-12(16-17-18)10-20-13-5-1-3-11-4-2-6-15-14(11)13/h1-6,9,19H,7-8,10H2. The molecule has 3 rings (SSSR count). The minimum absolute atomic E-state index is 0.0386. The SMILES string of the molecule is OCCn1cc(COc2cccc3cccnc23)nn1. The van der Waals surface area contributed by atoms with Gasteiger partial charge < -0.3 is 9.84 Å². The fourth-order valence-corrected chi connectivity index (χ4v) is 1.96. The second-order valence-corrected chi connectivity index (χ2v) is 4.32. The molecule has 6 nitrogen and oxygen atoms in total. The lowest BCUT2D eigenvalue weighted by Crippen LogP contribution is -2.02. The third kappa shape index (κ3) is 2.60. The zero-order valence-corrected chi connectivity index (χ0v) is 10.8. The molecule has 6 heteroatoms. The molecule has 0 fully saturated rings. The summed E-state index contributed by atoms with van der Waals surface area (Å²) in [6.07, 6.45) is 3.50. The molecule has 0 unspecified atom stereocenters. The molecule has 0 aliphatic heterocycles. The van der Waals surface area contributed by atoms with Crippen molar-refractivity contribution in [2.75, 3.05) is 6.61 Å². The van der Waals surface area contributed by atoms with Crippen LogP contribution in [0.15, 0.2) is 42.7 Å². The number of ether oxygens (including phenoxy) is 1. The molecular weight excluding hydrogens is 256 g/mol. The van der Waals surface area contributed by atoms with Crippen LogP contribution in [-0.4, -0.2) is 31.7 Å². The van der Waals surface area contributed by atoms with E-state index in [2.05, 4.69) is 15.3 Å². The van der Waals surface area contributed by atoms with E-state index in [1.807, 2.05) is 30.3 Å². The minimum atomic E-state index is 0.0386. The van der Waals surface area contributed by atoms with E-state index in [4.69, 9.17) is 9.84 Å². The van der Waals surface area contributed by atoms with Crippen LogP contribution in [0.5, 0.6) is 5.75 Å². The molecule has 1 N–H and O–H groups in total. The molecule has 102 valence electrons. The number of hydrogen-bond acceptors (Lipinski definition) is 5. The Morgan fingerprint density at radius 1 is 1.20 bits per heavy atom. The van der Waals surface area contributed by atoms with Gasteiger partial charge in [0.1, 0.15) is 23.6 Å². The average Bonchev–Trinajstić information content (AvgIpc) is 2.93. The number of rotatable bonds is 5. The molecule has 0 atom stereocenters. The van der Waals surface area contributed by atoms with Crippen molar-refractivity contribution in [2.24, 2.45) is 0 Å². The van der Waals surface area contributed by atoms with E-state index in [1.165, 1.54) is 0 Å². The van der Waals surface area contributed by atoms with Gasteiger partial charge in [0.15, 0.2) is 0 Å². The molecule has 0 saturated carbocycles. The molecule has 2 heterocycles. The minimum Gasteiger partial charge on any atom is -0.485 e. The molecule has 20 heavy (non-hydrogen) atoms. The molecule has 0 radical (unpaired) electrons. The summed E-state index contributed by atoms with van der Waals surface area (Å²) in [5.74, 6) is 0.722. The number of hydrogen-bond donors (Lipinski definition) is 1. The molecule has 0 spiro atoms. The summed E-state index contributed by atoms with van der Waals surface area (Å²) in [6, 6.07) is 9.70. The van der Waals surface area contributed by atoms with Gasteiger partial charge in [-0.15, -0.1) is 5.10 Å². The number of aliphatic hydroxyl groups excluding tert-OH is 1. The molecule has 0 saturated heterocycles. The van der Waals surface area contributed by atoms with Crippen LogP contribution in [0.3, 0.4) is 0 Å². The first-order chi connectivity index (χ1) is 9.86. The number of fused-ring (bicyclic) bond motifs is 1. The largest absolute Gasteiger partial charge is 0.485 e. The Hall–Kier alpha value is -2.47. The summed E-state index contributed by atoms with van der Waals surface area (Å²) in [5.41, 5.74) is 1.55. The third-order valence-corrected chi connectivity index (χ3v) is 2.89. The summed E-state index contributed by atoms with van der Waals surface area (Å²) >= 11 is 0. The maximum atomic E-state index is 8.83. The Labute approximate surface area is 115 Å². The molecule has 0 bridgehead atoms. The van der Waals surface area contributed by atoms with Crippen molar-refractivity contribution in [2.45, 2.75) is 13.2 Å². The summed E-state index contributed by atoms with van der Waals surface area (Å²) in [5, 5.41) is 17.7. The Kier molecular flexibility index (Phi) is 3.56. The predicted molar refractivity (Wildman–Crippen MR) is 73.2 cm³/mol. The Morgan fingerprint density at radius 3 is 3.00 bits per heavy atom. The van der Waals surface area contributed by atoms with Crippen LogP contribution < -0.4 is 4.74 Å². The van der Waals surface area contributed by atoms with E-state index in [1.54, 1.807) is 17.1 Å². The van der Waals surface area contributed by atoms with Gasteiger partial charge in [0, 0.05) is 11.6 Å². The quantitative estimate of drug-likeness (QED) is 0.758. The van der Waals surface area contributed by atoms with Crippen LogP contribution in [0, 0.1) is 0 Å². The first kappa shape index (κ1) is 12.6. The maximum absolute atomic E-state index is 8.83. The predicted octanol–water partition coefficient (Wildman–Crippen LogP) is 1.40. The first-order valence-corrected chi connectivity index (χ1v) is 6.33. The van der Waals surface area contributed by atoms with Gasteiger partial charge in [-0.1, -0.05) is 23.4 Å². The molecule has 2 aromatic heterocycles. The molecule has 1 aromatic carbocycles. The van der Waals surface area contributed by atoms with Gasteiger partial charge in [0.25, 0.3) is 0 Å². The smallest absolute Gasteiger partial charge is 0.146 e. The normalized spacial score (nSPS) is 10.8. The number of benzene rings is 1. The van der Waals surface area contributed by atoms with E-state index in [-0.39, 0.29) is 6.61 Å². The van der Waals surface area contributed by atoms with Gasteiger partial charge in [0.05, 0.1) is 19.3 Å². The van der Waals surface area contributed by atoms with Crippen LogP contribution in [0.2, 0.25) is 0 Å². The number of nitrogens with zero attached hydrogens (tertiary/aromatic N) is 4. The van der Waals surface area contributed by atoms with Gasteiger partial charge in [-0.2, -0.15) is 0 Å². The van der Waals surface area contributed by atoms with Gasteiger partial charge in [0.2, 0.25) is 0 Å². The maximum Gasteiger partial charge on any atom is 0.146 e. The average molecular weight is 270 g/mol. The van der Waals surface area contributed by atoms with Crippen LogP contribution in [0.1, 0.15) is 5.69 Å². The van der Waals surface area contributed by atoms with Gasteiger partial charge in [-0.05, 0) is 12.1 Å².